The van der Waals surface area contributed by atoms with Crippen molar-refractivity contribution in [2.75, 3.05) is 43.4 Å². The summed E-state index contributed by atoms with van der Waals surface area (Å²) in [5.41, 5.74) is 1.84. The fraction of sp³-hybridized carbons (Fsp3) is 0.447. The molecule has 3 saturated heterocycles. The van der Waals surface area contributed by atoms with Crippen LogP contribution in [0.1, 0.15) is 56.5 Å². The van der Waals surface area contributed by atoms with E-state index in [1.807, 2.05) is 17.9 Å². The predicted molar refractivity (Wildman–Crippen MR) is 198 cm³/mol. The number of carbonyl (C=O) groups is 1. The fourth-order valence-electron chi connectivity index (χ4n) is 8.99. The summed E-state index contributed by atoms with van der Waals surface area (Å²) in [5, 5.41) is 9.26. The minimum Gasteiger partial charge on any atom is -0.461 e. The second-order valence-corrected chi connectivity index (χ2v) is 15.7. The molecular formula is C38H37F6N9O2S. The highest BCUT2D eigenvalue weighted by molar-refractivity contribution is 7.23. The number of thiophene rings is 1. The molecule has 8 rings (SSSR count). The van der Waals surface area contributed by atoms with Crippen molar-refractivity contribution in [2.45, 2.75) is 76.4 Å². The summed E-state index contributed by atoms with van der Waals surface area (Å²) in [4.78, 5) is 32.1. The van der Waals surface area contributed by atoms with Crippen molar-refractivity contribution in [1.82, 2.24) is 29.3 Å². The van der Waals surface area contributed by atoms with Gasteiger partial charge in [-0.15, -0.1) is 11.3 Å². The zero-order valence-corrected chi connectivity index (χ0v) is 31.4. The van der Waals surface area contributed by atoms with Gasteiger partial charge in [0, 0.05) is 54.8 Å². The summed E-state index contributed by atoms with van der Waals surface area (Å²) in [7, 11) is 0. The summed E-state index contributed by atoms with van der Waals surface area (Å²) in [5.74, 6) is -1.79. The Bertz CT molecular complexity index is 2430. The van der Waals surface area contributed by atoms with Gasteiger partial charge in [-0.1, -0.05) is 6.07 Å². The Morgan fingerprint density at radius 3 is 2.71 bits per heavy atom. The molecule has 0 bridgehead atoms. The van der Waals surface area contributed by atoms with Crippen LogP contribution in [0.15, 0.2) is 30.6 Å². The molecule has 3 aliphatic heterocycles. The molecule has 11 nitrogen and oxygen atoms in total. The average Bonchev–Trinajstić information content (AvgIpc) is 3.97. The Labute approximate surface area is 321 Å². The number of fused-ring (bicyclic) bond motifs is 3. The van der Waals surface area contributed by atoms with E-state index in [2.05, 4.69) is 15.0 Å². The van der Waals surface area contributed by atoms with Crippen LogP contribution < -0.4 is 15.4 Å². The molecule has 6 heterocycles. The van der Waals surface area contributed by atoms with Crippen LogP contribution in [0.25, 0.3) is 32.1 Å². The predicted octanol–water partition coefficient (Wildman–Crippen LogP) is 7.68. The Morgan fingerprint density at radius 1 is 1.23 bits per heavy atom. The minimum absolute atomic E-state index is 0.0374. The summed E-state index contributed by atoms with van der Waals surface area (Å²) in [6, 6.07) is 2.90. The number of likely N-dealkylation sites (N-methyl/N-ethyl adjacent to an activating group) is 1. The van der Waals surface area contributed by atoms with Crippen molar-refractivity contribution in [3.05, 3.63) is 59.2 Å². The lowest BCUT2D eigenvalue weighted by Gasteiger charge is -2.35. The van der Waals surface area contributed by atoms with Crippen LogP contribution in [0.4, 0.5) is 42.0 Å². The number of aryl methyl sites for hydroxylation is 1. The Kier molecular flexibility index (Phi) is 9.30. The van der Waals surface area contributed by atoms with Crippen molar-refractivity contribution < 1.29 is 35.9 Å². The zero-order valence-electron chi connectivity index (χ0n) is 30.6. The van der Waals surface area contributed by atoms with Crippen LogP contribution in [0.3, 0.4) is 0 Å². The monoisotopic (exact) mass is 797 g/mol. The molecule has 0 unspecified atom stereocenters. The van der Waals surface area contributed by atoms with E-state index in [0.717, 1.165) is 24.6 Å². The number of ether oxygens (including phenoxy) is 1. The first kappa shape index (κ1) is 37.8. The number of nitriles is 1. The lowest BCUT2D eigenvalue weighted by atomic mass is 9.92. The van der Waals surface area contributed by atoms with E-state index in [9.17, 15) is 14.4 Å². The molecule has 4 atom stereocenters. The van der Waals surface area contributed by atoms with E-state index in [4.69, 9.17) is 10.5 Å². The van der Waals surface area contributed by atoms with Crippen LogP contribution in [-0.2, 0) is 6.18 Å². The maximum absolute atomic E-state index is 17.4. The lowest BCUT2D eigenvalue weighted by Crippen LogP contribution is -2.47. The van der Waals surface area contributed by atoms with Crippen LogP contribution in [0, 0.1) is 29.9 Å². The molecule has 18 heteroatoms. The minimum atomic E-state index is -5.15. The topological polar surface area (TPSA) is 129 Å². The highest BCUT2D eigenvalue weighted by Crippen LogP contribution is 2.49. The summed E-state index contributed by atoms with van der Waals surface area (Å²) in [6.07, 6.45) is -1.07. The van der Waals surface area contributed by atoms with Gasteiger partial charge in [-0.2, -0.15) is 28.4 Å². The molecule has 3 aliphatic rings. The number of likely N-dealkylation sites (tertiary alicyclic amines) is 1. The number of hydrogen-bond acceptors (Lipinski definition) is 10. The van der Waals surface area contributed by atoms with E-state index >= 15 is 22.0 Å². The first-order valence-corrected chi connectivity index (χ1v) is 19.1. The molecule has 3 fully saturated rings. The van der Waals surface area contributed by atoms with Crippen LogP contribution in [0.5, 0.6) is 6.01 Å². The number of halogens is 6. The third kappa shape index (κ3) is 5.97. The lowest BCUT2D eigenvalue weighted by molar-refractivity contribution is -0.137. The van der Waals surface area contributed by atoms with E-state index < -0.39 is 58.2 Å². The average molecular weight is 798 g/mol. The standard InChI is InChI=1S/C38H37F6N9O2S/c1-4-51(27-8-12-52(19(27)2)36(54)53-13-10-47-20(53)3)34-23-14-25(38(42,43)44)29(22-6-7-26(40)32-28(22)24(16-45)33(46)56-32)30(41)31(23)48-35(49-34)55-18-37-9-5-11-50(37)17-21(39)15-37/h6-7,10,13-14,19,21,27H,4-5,8-9,11-12,15,17-18,46H2,1-3H3/t19-,21-,27-,37+/m1/s1. The summed E-state index contributed by atoms with van der Waals surface area (Å²) >= 11 is 0.676. The fourth-order valence-corrected chi connectivity index (χ4v) is 9.94. The molecule has 56 heavy (non-hydrogen) atoms. The van der Waals surface area contributed by atoms with Gasteiger partial charge < -0.3 is 20.3 Å². The third-order valence-corrected chi connectivity index (χ3v) is 12.7. The number of benzene rings is 2. The molecule has 2 aromatic carbocycles. The first-order valence-electron chi connectivity index (χ1n) is 18.3. The number of rotatable bonds is 7. The van der Waals surface area contributed by atoms with E-state index in [0.29, 0.717) is 43.1 Å². The van der Waals surface area contributed by atoms with Crippen molar-refractivity contribution in [2.24, 2.45) is 0 Å². The second kappa shape index (κ2) is 13.8. The molecule has 0 saturated carbocycles. The number of carbonyl (C=O) groups excluding carboxylic acids is 1. The third-order valence-electron chi connectivity index (χ3n) is 11.6. The number of anilines is 2. The normalized spacial score (nSPS) is 22.6. The number of hydrogen-bond donors (Lipinski definition) is 1. The molecular weight excluding hydrogens is 761 g/mol. The van der Waals surface area contributed by atoms with Crippen molar-refractivity contribution in [3.63, 3.8) is 0 Å². The van der Waals surface area contributed by atoms with Crippen molar-refractivity contribution >= 4 is 49.2 Å². The smallest absolute Gasteiger partial charge is 0.417 e. The van der Waals surface area contributed by atoms with Gasteiger partial charge in [0.2, 0.25) is 0 Å². The van der Waals surface area contributed by atoms with Gasteiger partial charge in [-0.25, -0.2) is 22.9 Å². The number of nitrogens with two attached hydrogens (primary N) is 1. The van der Waals surface area contributed by atoms with Gasteiger partial charge in [0.25, 0.3) is 0 Å². The van der Waals surface area contributed by atoms with Gasteiger partial charge in [-0.3, -0.25) is 9.47 Å². The quantitative estimate of drug-likeness (QED) is 0.165. The highest BCUT2D eigenvalue weighted by atomic mass is 32.1. The molecule has 2 N–H and O–H groups in total. The van der Waals surface area contributed by atoms with Gasteiger partial charge in [-0.05, 0) is 64.3 Å². The van der Waals surface area contributed by atoms with Gasteiger partial charge in [0.1, 0.15) is 46.8 Å². The molecule has 0 radical (unpaired) electrons. The molecule has 1 amide bonds. The van der Waals surface area contributed by atoms with Crippen LogP contribution in [0.2, 0.25) is 0 Å². The van der Waals surface area contributed by atoms with Crippen LogP contribution in [-0.4, -0.2) is 91.9 Å². The summed E-state index contributed by atoms with van der Waals surface area (Å²) < 4.78 is 100. The van der Waals surface area contributed by atoms with Gasteiger partial charge in [0.05, 0.1) is 33.4 Å². The number of imidazole rings is 1. The largest absolute Gasteiger partial charge is 0.461 e. The van der Waals surface area contributed by atoms with E-state index in [-0.39, 0.29) is 75.6 Å². The second-order valence-electron chi connectivity index (χ2n) is 14.7. The molecule has 0 spiro atoms. The first-order chi connectivity index (χ1) is 26.7. The van der Waals surface area contributed by atoms with Crippen LogP contribution >= 0.6 is 11.3 Å². The Morgan fingerprint density at radius 2 is 2.02 bits per heavy atom. The van der Waals surface area contributed by atoms with Gasteiger partial charge in [0.15, 0.2) is 5.82 Å². The number of amides is 1. The molecule has 294 valence electrons. The van der Waals surface area contributed by atoms with Crippen molar-refractivity contribution in [3.8, 4) is 23.2 Å². The number of nitrogens with zero attached hydrogens (tertiary/aromatic N) is 8. The highest BCUT2D eigenvalue weighted by Gasteiger charge is 2.50. The molecule has 5 aromatic rings. The van der Waals surface area contributed by atoms with E-state index in [1.54, 1.807) is 29.8 Å². The SMILES string of the molecule is CCN(c1nc(OC[C@@]23CCCN2C[C@H](F)C3)nc2c(F)c(-c3ccc(F)c4sc(N)c(C#N)c34)c(C(F)(F)F)cc12)[C@@H]1CCN(C(=O)n2ccnc2C)[C@@H]1C. The summed E-state index contributed by atoms with van der Waals surface area (Å²) in [6.45, 7) is 6.67. The zero-order chi connectivity index (χ0) is 39.8. The number of aromatic nitrogens is 4. The van der Waals surface area contributed by atoms with Gasteiger partial charge >= 0.3 is 18.2 Å². The maximum Gasteiger partial charge on any atom is 0.417 e. The van der Waals surface area contributed by atoms with E-state index in [1.165, 1.54) is 10.8 Å². The Hall–Kier alpha value is -5.15. The van der Waals surface area contributed by atoms with Crippen molar-refractivity contribution in [1.29, 1.82) is 5.26 Å². The Balaban J connectivity index is 1.32. The molecule has 0 aliphatic carbocycles. The maximum atomic E-state index is 17.4. The number of alkyl halides is 4. The number of nitrogen functional groups attached to an aromatic ring is 1. The molecule has 3 aromatic heterocycles.